The Balaban J connectivity index is 1.58. The third-order valence-corrected chi connectivity index (χ3v) is 5.57. The summed E-state index contributed by atoms with van der Waals surface area (Å²) in [4.78, 5) is 12.8. The van der Waals surface area contributed by atoms with Gasteiger partial charge in [0, 0.05) is 30.2 Å². The second-order valence-corrected chi connectivity index (χ2v) is 7.84. The molecule has 0 bridgehead atoms. The molecular formula is C20H29N5OS. The molecule has 1 aliphatic heterocycles. The molecule has 0 aliphatic carbocycles. The lowest BCUT2D eigenvalue weighted by atomic mass is 10.2. The number of benzene rings is 1. The molecular weight excluding hydrogens is 358 g/mol. The normalized spacial score (nSPS) is 15.1. The quantitative estimate of drug-likeness (QED) is 0.590. The van der Waals surface area contributed by atoms with Gasteiger partial charge in [0.05, 0.1) is 37.0 Å². The van der Waals surface area contributed by atoms with Crippen molar-refractivity contribution in [1.82, 2.24) is 15.6 Å². The summed E-state index contributed by atoms with van der Waals surface area (Å²) in [5.74, 6) is 0.834. The maximum Gasteiger partial charge on any atom is 0.191 e. The second-order valence-electron chi connectivity index (χ2n) is 6.56. The molecule has 7 heteroatoms. The van der Waals surface area contributed by atoms with Gasteiger partial charge in [-0.2, -0.15) is 0 Å². The van der Waals surface area contributed by atoms with E-state index >= 15 is 0 Å². The SMILES string of the molecule is CCNC(=NCc1ccc(N2CCOCC2)cc1)NCc1sc(C)nc1C. The molecule has 6 nitrogen and oxygen atoms in total. The molecule has 2 aromatic rings. The fourth-order valence-corrected chi connectivity index (χ4v) is 3.92. The Morgan fingerprint density at radius 1 is 1.19 bits per heavy atom. The van der Waals surface area contributed by atoms with Crippen molar-refractivity contribution in [3.8, 4) is 0 Å². The van der Waals surface area contributed by atoms with Crippen LogP contribution in [0, 0.1) is 13.8 Å². The number of ether oxygens (including phenoxy) is 1. The first-order chi connectivity index (χ1) is 13.2. The summed E-state index contributed by atoms with van der Waals surface area (Å²) in [6, 6.07) is 8.68. The Kier molecular flexibility index (Phi) is 7.06. The Morgan fingerprint density at radius 3 is 2.56 bits per heavy atom. The van der Waals surface area contributed by atoms with E-state index in [2.05, 4.69) is 58.6 Å². The standard InChI is InChI=1S/C20H29N5OS/c1-4-21-20(23-14-19-15(2)24-16(3)27-19)22-13-17-5-7-18(8-6-17)25-9-11-26-12-10-25/h5-8H,4,9-14H2,1-3H3,(H2,21,22,23). The molecule has 1 aliphatic rings. The van der Waals surface area contributed by atoms with Crippen molar-refractivity contribution in [1.29, 1.82) is 0 Å². The number of morpholine rings is 1. The number of nitrogens with zero attached hydrogens (tertiary/aromatic N) is 3. The first-order valence-electron chi connectivity index (χ1n) is 9.52. The van der Waals surface area contributed by atoms with Crippen LogP contribution in [0.25, 0.3) is 0 Å². The van der Waals surface area contributed by atoms with Gasteiger partial charge in [-0.05, 0) is 38.5 Å². The van der Waals surface area contributed by atoms with Crippen molar-refractivity contribution >= 4 is 23.0 Å². The third kappa shape index (κ3) is 5.68. The number of rotatable bonds is 6. The number of aryl methyl sites for hydroxylation is 2. The maximum atomic E-state index is 5.42. The van der Waals surface area contributed by atoms with Gasteiger partial charge in [-0.25, -0.2) is 9.98 Å². The number of anilines is 1. The van der Waals surface area contributed by atoms with Crippen LogP contribution in [-0.2, 0) is 17.8 Å². The van der Waals surface area contributed by atoms with Crippen LogP contribution in [0.2, 0.25) is 0 Å². The largest absolute Gasteiger partial charge is 0.378 e. The Morgan fingerprint density at radius 2 is 1.93 bits per heavy atom. The minimum atomic E-state index is 0.652. The van der Waals surface area contributed by atoms with Crippen molar-refractivity contribution in [3.05, 3.63) is 45.4 Å². The molecule has 0 amide bonds. The number of nitrogens with one attached hydrogen (secondary N) is 2. The van der Waals surface area contributed by atoms with E-state index in [1.807, 2.05) is 6.92 Å². The van der Waals surface area contributed by atoms with Gasteiger partial charge in [0.1, 0.15) is 0 Å². The highest BCUT2D eigenvalue weighted by atomic mass is 32.1. The van der Waals surface area contributed by atoms with E-state index < -0.39 is 0 Å². The van der Waals surface area contributed by atoms with Crippen LogP contribution in [0.3, 0.4) is 0 Å². The zero-order valence-electron chi connectivity index (χ0n) is 16.4. The summed E-state index contributed by atoms with van der Waals surface area (Å²) >= 11 is 1.73. The maximum absolute atomic E-state index is 5.42. The smallest absolute Gasteiger partial charge is 0.191 e. The van der Waals surface area contributed by atoms with Crippen LogP contribution in [0.15, 0.2) is 29.3 Å². The third-order valence-electron chi connectivity index (χ3n) is 4.49. The zero-order chi connectivity index (χ0) is 19.1. The van der Waals surface area contributed by atoms with Crippen molar-refractivity contribution in [3.63, 3.8) is 0 Å². The number of hydrogen-bond donors (Lipinski definition) is 2. The van der Waals surface area contributed by atoms with Crippen LogP contribution in [0.5, 0.6) is 0 Å². The van der Waals surface area contributed by atoms with Gasteiger partial charge in [-0.1, -0.05) is 12.1 Å². The molecule has 1 aromatic carbocycles. The van der Waals surface area contributed by atoms with Gasteiger partial charge in [0.25, 0.3) is 0 Å². The van der Waals surface area contributed by atoms with E-state index in [-0.39, 0.29) is 0 Å². The van der Waals surface area contributed by atoms with Gasteiger partial charge in [0.2, 0.25) is 0 Å². The first kappa shape index (κ1) is 19.6. The topological polar surface area (TPSA) is 61.8 Å². The Hall–Kier alpha value is -2.12. The number of hydrogen-bond acceptors (Lipinski definition) is 5. The molecule has 0 saturated carbocycles. The summed E-state index contributed by atoms with van der Waals surface area (Å²) in [5.41, 5.74) is 3.56. The number of aromatic nitrogens is 1. The highest BCUT2D eigenvalue weighted by Gasteiger charge is 2.10. The predicted octanol–water partition coefficient (Wildman–Crippen LogP) is 2.85. The predicted molar refractivity (Wildman–Crippen MR) is 113 cm³/mol. The van der Waals surface area contributed by atoms with Crippen molar-refractivity contribution in [2.45, 2.75) is 33.9 Å². The Bertz CT molecular complexity index is 750. The first-order valence-corrected chi connectivity index (χ1v) is 10.3. The molecule has 1 saturated heterocycles. The molecule has 0 radical (unpaired) electrons. The molecule has 3 rings (SSSR count). The van der Waals surface area contributed by atoms with E-state index in [4.69, 9.17) is 9.73 Å². The molecule has 27 heavy (non-hydrogen) atoms. The van der Waals surface area contributed by atoms with E-state index in [1.165, 1.54) is 16.1 Å². The number of guanidine groups is 1. The number of aliphatic imine (C=N–C) groups is 1. The van der Waals surface area contributed by atoms with Crippen molar-refractivity contribution < 1.29 is 4.74 Å². The second kappa shape index (κ2) is 9.71. The van der Waals surface area contributed by atoms with E-state index in [0.29, 0.717) is 6.54 Å². The average Bonchev–Trinajstić information content (AvgIpc) is 3.02. The van der Waals surface area contributed by atoms with Crippen LogP contribution in [0.4, 0.5) is 5.69 Å². The van der Waals surface area contributed by atoms with Gasteiger partial charge < -0.3 is 20.3 Å². The van der Waals surface area contributed by atoms with Gasteiger partial charge in [-0.15, -0.1) is 11.3 Å². The summed E-state index contributed by atoms with van der Waals surface area (Å²) < 4.78 is 5.42. The Labute approximate surface area is 165 Å². The molecule has 146 valence electrons. The van der Waals surface area contributed by atoms with Gasteiger partial charge in [-0.3, -0.25) is 0 Å². The fourth-order valence-electron chi connectivity index (χ4n) is 3.05. The van der Waals surface area contributed by atoms with Crippen molar-refractivity contribution in [2.75, 3.05) is 37.7 Å². The summed E-state index contributed by atoms with van der Waals surface area (Å²) in [6.45, 7) is 12.0. The van der Waals surface area contributed by atoms with E-state index in [0.717, 1.165) is 56.1 Å². The van der Waals surface area contributed by atoms with Crippen molar-refractivity contribution in [2.24, 2.45) is 4.99 Å². The van der Waals surface area contributed by atoms with Gasteiger partial charge in [0.15, 0.2) is 5.96 Å². The zero-order valence-corrected chi connectivity index (χ0v) is 17.2. The monoisotopic (exact) mass is 387 g/mol. The summed E-state index contributed by atoms with van der Waals surface area (Å²) in [5, 5.41) is 7.83. The summed E-state index contributed by atoms with van der Waals surface area (Å²) in [7, 11) is 0. The summed E-state index contributed by atoms with van der Waals surface area (Å²) in [6.07, 6.45) is 0. The minimum absolute atomic E-state index is 0.652. The van der Waals surface area contributed by atoms with E-state index in [9.17, 15) is 0 Å². The average molecular weight is 388 g/mol. The van der Waals surface area contributed by atoms with Gasteiger partial charge >= 0.3 is 0 Å². The fraction of sp³-hybridized carbons (Fsp3) is 0.500. The lowest BCUT2D eigenvalue weighted by molar-refractivity contribution is 0.122. The highest BCUT2D eigenvalue weighted by molar-refractivity contribution is 7.11. The van der Waals surface area contributed by atoms with E-state index in [1.54, 1.807) is 11.3 Å². The molecule has 2 N–H and O–H groups in total. The molecule has 0 spiro atoms. The molecule has 2 heterocycles. The van der Waals surface area contributed by atoms with Crippen LogP contribution < -0.4 is 15.5 Å². The molecule has 1 fully saturated rings. The molecule has 0 atom stereocenters. The highest BCUT2D eigenvalue weighted by Crippen LogP contribution is 2.18. The van der Waals surface area contributed by atoms with Crippen LogP contribution >= 0.6 is 11.3 Å². The number of thiazole rings is 1. The lowest BCUT2D eigenvalue weighted by Gasteiger charge is -2.28. The lowest BCUT2D eigenvalue weighted by Crippen LogP contribution is -2.36. The molecule has 1 aromatic heterocycles. The minimum Gasteiger partial charge on any atom is -0.378 e. The van der Waals surface area contributed by atoms with Crippen LogP contribution in [0.1, 0.15) is 28.1 Å². The molecule has 0 unspecified atom stereocenters. The van der Waals surface area contributed by atoms with Crippen LogP contribution in [-0.4, -0.2) is 43.8 Å².